The van der Waals surface area contributed by atoms with E-state index < -0.39 is 11.7 Å². The topological polar surface area (TPSA) is 75.3 Å². The second kappa shape index (κ2) is 5.27. The summed E-state index contributed by atoms with van der Waals surface area (Å²) in [6, 6.07) is 8.21. The predicted molar refractivity (Wildman–Crippen MR) is 74.6 cm³/mol. The van der Waals surface area contributed by atoms with Crippen LogP contribution in [0.1, 0.15) is 10.4 Å². The lowest BCUT2D eigenvalue weighted by Gasteiger charge is -2.08. The number of nitrogen functional groups attached to an aromatic ring is 1. The zero-order chi connectivity index (χ0) is 14.0. The Labute approximate surface area is 117 Å². The van der Waals surface area contributed by atoms with Crippen LogP contribution in [0.5, 0.6) is 5.75 Å². The molecule has 2 rings (SSSR count). The third kappa shape index (κ3) is 3.03. The Hall–Kier alpha value is -2.08. The lowest BCUT2D eigenvalue weighted by atomic mass is 10.2. The van der Waals surface area contributed by atoms with Gasteiger partial charge in [0.2, 0.25) is 0 Å². The molecule has 19 heavy (non-hydrogen) atoms. The van der Waals surface area contributed by atoms with Crippen LogP contribution in [-0.4, -0.2) is 11.0 Å². The van der Waals surface area contributed by atoms with Crippen molar-refractivity contribution in [3.63, 3.8) is 0 Å². The van der Waals surface area contributed by atoms with Gasteiger partial charge in [-0.15, -0.1) is 0 Å². The molecule has 0 atom stereocenters. The van der Waals surface area contributed by atoms with Crippen LogP contribution in [0, 0.1) is 5.82 Å². The number of hydrogen-bond acceptors (Lipinski definition) is 3. The van der Waals surface area contributed by atoms with Crippen molar-refractivity contribution in [3.8, 4) is 5.75 Å². The van der Waals surface area contributed by atoms with Crippen LogP contribution in [-0.2, 0) is 0 Å². The molecule has 1 amide bonds. The molecule has 0 aliphatic heterocycles. The van der Waals surface area contributed by atoms with Gasteiger partial charge in [0.05, 0.1) is 10.2 Å². The number of halogens is 2. The summed E-state index contributed by atoms with van der Waals surface area (Å²) >= 11 is 3.11. The monoisotopic (exact) mass is 324 g/mol. The van der Waals surface area contributed by atoms with Gasteiger partial charge in [0.15, 0.2) is 0 Å². The molecule has 0 saturated heterocycles. The number of phenolic OH excluding ortho intramolecular Hbond substituents is 1. The lowest BCUT2D eigenvalue weighted by Crippen LogP contribution is -2.13. The summed E-state index contributed by atoms with van der Waals surface area (Å²) in [5.74, 6) is -1.18. The number of benzene rings is 2. The molecular formula is C13H10BrFN2O2. The normalized spacial score (nSPS) is 10.2. The van der Waals surface area contributed by atoms with E-state index in [4.69, 9.17) is 5.73 Å². The molecule has 0 aliphatic rings. The van der Waals surface area contributed by atoms with Crippen molar-refractivity contribution in [1.82, 2.24) is 0 Å². The second-order valence-corrected chi connectivity index (χ2v) is 4.71. The number of rotatable bonds is 2. The van der Waals surface area contributed by atoms with Crippen molar-refractivity contribution in [2.75, 3.05) is 11.1 Å². The van der Waals surface area contributed by atoms with Gasteiger partial charge in [-0.3, -0.25) is 4.79 Å². The van der Waals surface area contributed by atoms with Crippen molar-refractivity contribution in [2.45, 2.75) is 0 Å². The maximum absolute atomic E-state index is 13.5. The standard InChI is InChI=1S/C13H10BrFN2O2/c14-9-3-1-7(5-12(9)18)13(19)17-11-6-8(16)2-4-10(11)15/h1-6,18H,16H2,(H,17,19). The molecule has 0 bridgehead atoms. The van der Waals surface area contributed by atoms with Crippen LogP contribution in [0.25, 0.3) is 0 Å². The molecule has 6 heteroatoms. The van der Waals surface area contributed by atoms with E-state index in [9.17, 15) is 14.3 Å². The van der Waals surface area contributed by atoms with Gasteiger partial charge in [-0.25, -0.2) is 4.39 Å². The number of amides is 1. The van der Waals surface area contributed by atoms with E-state index in [1.807, 2.05) is 0 Å². The van der Waals surface area contributed by atoms with Gasteiger partial charge >= 0.3 is 0 Å². The largest absolute Gasteiger partial charge is 0.507 e. The van der Waals surface area contributed by atoms with Gasteiger partial charge in [0.25, 0.3) is 5.91 Å². The van der Waals surface area contributed by atoms with E-state index in [0.29, 0.717) is 10.2 Å². The summed E-state index contributed by atoms with van der Waals surface area (Å²) in [6.07, 6.45) is 0. The van der Waals surface area contributed by atoms with Gasteiger partial charge in [0, 0.05) is 11.3 Å². The zero-order valence-corrected chi connectivity index (χ0v) is 11.2. The Balaban J connectivity index is 2.25. The van der Waals surface area contributed by atoms with Crippen molar-refractivity contribution in [1.29, 1.82) is 0 Å². The first-order chi connectivity index (χ1) is 8.97. The highest BCUT2D eigenvalue weighted by atomic mass is 79.9. The Morgan fingerprint density at radius 1 is 1.26 bits per heavy atom. The maximum Gasteiger partial charge on any atom is 0.255 e. The van der Waals surface area contributed by atoms with Gasteiger partial charge in [-0.1, -0.05) is 0 Å². The minimum Gasteiger partial charge on any atom is -0.507 e. The molecule has 0 aliphatic carbocycles. The number of phenols is 1. The van der Waals surface area contributed by atoms with Crippen molar-refractivity contribution >= 4 is 33.2 Å². The Morgan fingerprint density at radius 2 is 2.00 bits per heavy atom. The van der Waals surface area contributed by atoms with E-state index in [0.717, 1.165) is 0 Å². The first kappa shape index (κ1) is 13.4. The molecular weight excluding hydrogens is 315 g/mol. The molecule has 0 unspecified atom stereocenters. The second-order valence-electron chi connectivity index (χ2n) is 3.86. The summed E-state index contributed by atoms with van der Waals surface area (Å²) in [5.41, 5.74) is 6.07. The minimum absolute atomic E-state index is 0.00703. The number of nitrogens with two attached hydrogens (primary N) is 1. The highest BCUT2D eigenvalue weighted by molar-refractivity contribution is 9.10. The Morgan fingerprint density at radius 3 is 2.68 bits per heavy atom. The molecule has 2 aromatic rings. The minimum atomic E-state index is -0.580. The SMILES string of the molecule is Nc1ccc(F)c(NC(=O)c2ccc(Br)c(O)c2)c1. The van der Waals surface area contributed by atoms with E-state index in [-0.39, 0.29) is 17.0 Å². The summed E-state index contributed by atoms with van der Waals surface area (Å²) in [7, 11) is 0. The average Bonchev–Trinajstić information content (AvgIpc) is 2.37. The lowest BCUT2D eigenvalue weighted by molar-refractivity contribution is 0.102. The van der Waals surface area contributed by atoms with Crippen LogP contribution in [0.3, 0.4) is 0 Å². The first-order valence-corrected chi connectivity index (χ1v) is 6.11. The highest BCUT2D eigenvalue weighted by Gasteiger charge is 2.11. The number of carbonyl (C=O) groups is 1. The van der Waals surface area contributed by atoms with E-state index in [1.165, 1.54) is 36.4 Å². The van der Waals surface area contributed by atoms with Crippen LogP contribution >= 0.6 is 15.9 Å². The van der Waals surface area contributed by atoms with Crippen LogP contribution in [0.4, 0.5) is 15.8 Å². The Bertz CT molecular complexity index is 647. The molecule has 2 aromatic carbocycles. The maximum atomic E-state index is 13.5. The number of carbonyl (C=O) groups excluding carboxylic acids is 1. The number of aromatic hydroxyl groups is 1. The number of nitrogens with one attached hydrogen (secondary N) is 1. The van der Waals surface area contributed by atoms with Gasteiger partial charge in [-0.05, 0) is 52.3 Å². The summed E-state index contributed by atoms with van der Waals surface area (Å²) < 4.78 is 13.9. The molecule has 0 radical (unpaired) electrons. The van der Waals surface area contributed by atoms with E-state index in [1.54, 1.807) is 0 Å². The third-order valence-electron chi connectivity index (χ3n) is 2.45. The number of hydrogen-bond donors (Lipinski definition) is 3. The van der Waals surface area contributed by atoms with E-state index in [2.05, 4.69) is 21.2 Å². The fraction of sp³-hybridized carbons (Fsp3) is 0. The number of anilines is 2. The first-order valence-electron chi connectivity index (χ1n) is 5.32. The molecule has 0 saturated carbocycles. The summed E-state index contributed by atoms with van der Waals surface area (Å²) in [6.45, 7) is 0. The molecule has 4 nitrogen and oxygen atoms in total. The van der Waals surface area contributed by atoms with Gasteiger partial charge < -0.3 is 16.2 Å². The van der Waals surface area contributed by atoms with E-state index >= 15 is 0 Å². The smallest absolute Gasteiger partial charge is 0.255 e. The van der Waals surface area contributed by atoms with Gasteiger partial charge in [-0.2, -0.15) is 0 Å². The molecule has 0 fully saturated rings. The average molecular weight is 325 g/mol. The molecule has 98 valence electrons. The molecule has 0 heterocycles. The van der Waals surface area contributed by atoms with Crippen LogP contribution in [0.2, 0.25) is 0 Å². The van der Waals surface area contributed by atoms with Crippen molar-refractivity contribution < 1.29 is 14.3 Å². The highest BCUT2D eigenvalue weighted by Crippen LogP contribution is 2.25. The zero-order valence-electron chi connectivity index (χ0n) is 9.65. The molecule has 0 spiro atoms. The fourth-order valence-corrected chi connectivity index (χ4v) is 1.73. The summed E-state index contributed by atoms with van der Waals surface area (Å²) in [4.78, 5) is 11.9. The summed E-state index contributed by atoms with van der Waals surface area (Å²) in [5, 5.41) is 11.9. The van der Waals surface area contributed by atoms with Gasteiger partial charge in [0.1, 0.15) is 11.6 Å². The van der Waals surface area contributed by atoms with Crippen LogP contribution in [0.15, 0.2) is 40.9 Å². The molecule has 4 N–H and O–H groups in total. The van der Waals surface area contributed by atoms with Crippen molar-refractivity contribution in [2.24, 2.45) is 0 Å². The van der Waals surface area contributed by atoms with Crippen molar-refractivity contribution in [3.05, 3.63) is 52.3 Å². The predicted octanol–water partition coefficient (Wildman–Crippen LogP) is 3.13. The fourth-order valence-electron chi connectivity index (χ4n) is 1.49. The molecule has 0 aromatic heterocycles. The third-order valence-corrected chi connectivity index (χ3v) is 3.12. The van der Waals surface area contributed by atoms with Crippen LogP contribution < -0.4 is 11.1 Å². The quantitative estimate of drug-likeness (QED) is 0.743. The Kier molecular flexibility index (Phi) is 3.71.